The van der Waals surface area contributed by atoms with Gasteiger partial charge in [0.15, 0.2) is 5.69 Å². The predicted molar refractivity (Wildman–Crippen MR) is 126 cm³/mol. The zero-order chi connectivity index (χ0) is 23.8. The second-order valence-corrected chi connectivity index (χ2v) is 10.2. The summed E-state index contributed by atoms with van der Waals surface area (Å²) < 4.78 is 24.9. The van der Waals surface area contributed by atoms with Crippen molar-refractivity contribution in [2.45, 2.75) is 31.1 Å². The number of sulfonamides is 1. The molecule has 2 aromatic carbocycles. The van der Waals surface area contributed by atoms with Crippen LogP contribution < -0.4 is 5.14 Å². The largest absolute Gasteiger partial charge is 0.476 e. The molecule has 0 saturated heterocycles. The third-order valence-electron chi connectivity index (χ3n) is 5.14. The number of aromatic nitrogens is 3. The maximum atomic E-state index is 11.6. The number of hydrogen-bond donors (Lipinski definition) is 2. The molecule has 170 valence electrons. The average Bonchev–Trinajstić information content (AvgIpc) is 3.39. The van der Waals surface area contributed by atoms with E-state index in [1.807, 2.05) is 44.2 Å². The van der Waals surface area contributed by atoms with Gasteiger partial charge in [-0.25, -0.2) is 28.0 Å². The number of thiazole rings is 1. The number of primary sulfonamides is 1. The number of aromatic carboxylic acids is 1. The summed E-state index contributed by atoms with van der Waals surface area (Å²) >= 11 is 1.22. The van der Waals surface area contributed by atoms with E-state index in [-0.39, 0.29) is 16.5 Å². The molecule has 0 aliphatic rings. The van der Waals surface area contributed by atoms with Gasteiger partial charge in [0.2, 0.25) is 15.2 Å². The molecular formula is C23H22N4O4S2. The van der Waals surface area contributed by atoms with Crippen molar-refractivity contribution in [3.05, 3.63) is 82.5 Å². The van der Waals surface area contributed by atoms with E-state index >= 15 is 0 Å². The van der Waals surface area contributed by atoms with Crippen LogP contribution >= 0.6 is 11.3 Å². The summed E-state index contributed by atoms with van der Waals surface area (Å²) in [5.41, 5.74) is 4.43. The highest BCUT2D eigenvalue weighted by atomic mass is 32.2. The Hall–Kier alpha value is -3.34. The molecule has 0 bridgehead atoms. The molecule has 10 heteroatoms. The van der Waals surface area contributed by atoms with E-state index in [0.717, 1.165) is 28.1 Å². The Balaban J connectivity index is 1.88. The predicted octanol–water partition coefficient (Wildman–Crippen LogP) is 4.06. The summed E-state index contributed by atoms with van der Waals surface area (Å²) in [5, 5.41) is 21.4. The van der Waals surface area contributed by atoms with E-state index in [4.69, 9.17) is 10.2 Å². The van der Waals surface area contributed by atoms with Crippen molar-refractivity contribution in [1.82, 2.24) is 14.8 Å². The molecule has 2 aromatic heterocycles. The number of nitrogens with two attached hydrogens (primary N) is 1. The van der Waals surface area contributed by atoms with Crippen molar-refractivity contribution in [2.24, 2.45) is 5.14 Å². The van der Waals surface area contributed by atoms with Crippen LogP contribution in [0.5, 0.6) is 0 Å². The first kappa shape index (κ1) is 22.8. The minimum Gasteiger partial charge on any atom is -0.476 e. The van der Waals surface area contributed by atoms with Gasteiger partial charge in [0.1, 0.15) is 0 Å². The van der Waals surface area contributed by atoms with Crippen LogP contribution in [0.1, 0.15) is 47.1 Å². The standard InChI is InChI=1S/C23H22N4O4S2/c1-14(2)21-18(12-15-8-10-17(11-9-15)33(24,30)31)20(16-6-4-3-5-7-16)26-27(21)23-25-19(13-32-23)22(28)29/h3-11,13-14H,12H2,1-2H3,(H,28,29)(H2,24,30,31). The van der Waals surface area contributed by atoms with Crippen LogP contribution in [0.2, 0.25) is 0 Å². The molecule has 8 nitrogen and oxygen atoms in total. The summed E-state index contributed by atoms with van der Waals surface area (Å²) in [6, 6.07) is 16.2. The maximum absolute atomic E-state index is 11.6. The number of carbonyl (C=O) groups is 1. The first-order valence-corrected chi connectivity index (χ1v) is 12.6. The molecule has 4 aromatic rings. The molecule has 0 atom stereocenters. The van der Waals surface area contributed by atoms with Crippen LogP contribution in [0.4, 0.5) is 0 Å². The minimum atomic E-state index is -3.77. The van der Waals surface area contributed by atoms with Gasteiger partial charge in [-0.15, -0.1) is 11.3 Å². The molecule has 0 aliphatic heterocycles. The lowest BCUT2D eigenvalue weighted by atomic mass is 9.95. The summed E-state index contributed by atoms with van der Waals surface area (Å²) in [7, 11) is -3.77. The van der Waals surface area contributed by atoms with Crippen molar-refractivity contribution >= 4 is 27.3 Å². The minimum absolute atomic E-state index is 0.0263. The quantitative estimate of drug-likeness (QED) is 0.409. The summed E-state index contributed by atoms with van der Waals surface area (Å²) in [6.07, 6.45) is 0.500. The highest BCUT2D eigenvalue weighted by Gasteiger charge is 2.24. The van der Waals surface area contributed by atoms with E-state index in [0.29, 0.717) is 11.6 Å². The van der Waals surface area contributed by atoms with E-state index in [1.165, 1.54) is 28.8 Å². The number of hydrogen-bond acceptors (Lipinski definition) is 6. The van der Waals surface area contributed by atoms with Crippen LogP contribution in [-0.2, 0) is 16.4 Å². The van der Waals surface area contributed by atoms with Gasteiger partial charge >= 0.3 is 5.97 Å². The molecule has 0 unspecified atom stereocenters. The van der Waals surface area contributed by atoms with Crippen molar-refractivity contribution in [1.29, 1.82) is 0 Å². The molecule has 0 radical (unpaired) electrons. The number of rotatable bonds is 7. The summed E-state index contributed by atoms with van der Waals surface area (Å²) in [4.78, 5) is 15.7. The van der Waals surface area contributed by atoms with E-state index in [1.54, 1.807) is 16.8 Å². The van der Waals surface area contributed by atoms with Crippen LogP contribution in [0.15, 0.2) is 64.9 Å². The molecule has 0 fully saturated rings. The number of carboxylic acids is 1. The van der Waals surface area contributed by atoms with E-state index < -0.39 is 16.0 Å². The van der Waals surface area contributed by atoms with Crippen LogP contribution in [0.3, 0.4) is 0 Å². The van der Waals surface area contributed by atoms with Crippen LogP contribution in [0.25, 0.3) is 16.4 Å². The molecular weight excluding hydrogens is 460 g/mol. The van der Waals surface area contributed by atoms with E-state index in [9.17, 15) is 18.3 Å². The SMILES string of the molecule is CC(C)c1c(Cc2ccc(S(N)(=O)=O)cc2)c(-c2ccccc2)nn1-c1nc(C(=O)O)cs1. The van der Waals surface area contributed by atoms with Crippen molar-refractivity contribution in [3.8, 4) is 16.4 Å². The normalized spacial score (nSPS) is 11.8. The van der Waals surface area contributed by atoms with Gasteiger partial charge < -0.3 is 5.11 Å². The second kappa shape index (κ2) is 8.89. The second-order valence-electron chi connectivity index (χ2n) is 7.83. The van der Waals surface area contributed by atoms with Crippen molar-refractivity contribution in [3.63, 3.8) is 0 Å². The fourth-order valence-electron chi connectivity index (χ4n) is 3.67. The fourth-order valence-corrected chi connectivity index (χ4v) is 4.94. The van der Waals surface area contributed by atoms with E-state index in [2.05, 4.69) is 4.98 Å². The molecule has 0 spiro atoms. The van der Waals surface area contributed by atoms with Gasteiger partial charge in [-0.1, -0.05) is 56.3 Å². The smallest absolute Gasteiger partial charge is 0.355 e. The van der Waals surface area contributed by atoms with Gasteiger partial charge in [-0.05, 0) is 23.6 Å². The molecule has 4 rings (SSSR count). The summed E-state index contributed by atoms with van der Waals surface area (Å²) in [5.74, 6) is -1.03. The fraction of sp³-hybridized carbons (Fsp3) is 0.174. The van der Waals surface area contributed by atoms with Crippen LogP contribution in [0, 0.1) is 0 Å². The molecule has 33 heavy (non-hydrogen) atoms. The first-order chi connectivity index (χ1) is 15.6. The number of benzene rings is 2. The molecule has 0 saturated carbocycles. The van der Waals surface area contributed by atoms with Gasteiger partial charge in [-0.3, -0.25) is 0 Å². The number of carboxylic acid groups (broad SMARTS) is 1. The third kappa shape index (κ3) is 4.72. The Morgan fingerprint density at radius 3 is 2.33 bits per heavy atom. The first-order valence-electron chi connectivity index (χ1n) is 10.1. The van der Waals surface area contributed by atoms with Gasteiger partial charge in [0, 0.05) is 22.9 Å². The number of nitrogens with zero attached hydrogens (tertiary/aromatic N) is 3. The Kier molecular flexibility index (Phi) is 6.15. The van der Waals surface area contributed by atoms with Gasteiger partial charge in [0.25, 0.3) is 0 Å². The third-order valence-corrected chi connectivity index (χ3v) is 6.89. The monoisotopic (exact) mass is 482 g/mol. The Morgan fingerprint density at radius 2 is 1.79 bits per heavy atom. The van der Waals surface area contributed by atoms with Crippen molar-refractivity contribution < 1.29 is 18.3 Å². The Morgan fingerprint density at radius 1 is 1.12 bits per heavy atom. The van der Waals surface area contributed by atoms with Crippen LogP contribution in [-0.4, -0.2) is 34.3 Å². The topological polar surface area (TPSA) is 128 Å². The van der Waals surface area contributed by atoms with Gasteiger partial charge in [-0.2, -0.15) is 5.10 Å². The zero-order valence-corrected chi connectivity index (χ0v) is 19.6. The zero-order valence-electron chi connectivity index (χ0n) is 18.0. The average molecular weight is 483 g/mol. The molecule has 0 amide bonds. The molecule has 3 N–H and O–H groups in total. The molecule has 0 aliphatic carbocycles. The van der Waals surface area contributed by atoms with Gasteiger partial charge in [0.05, 0.1) is 16.3 Å². The Bertz CT molecular complexity index is 1410. The highest BCUT2D eigenvalue weighted by molar-refractivity contribution is 7.89. The Labute approximate surface area is 195 Å². The molecule has 2 heterocycles. The maximum Gasteiger partial charge on any atom is 0.355 e. The highest BCUT2D eigenvalue weighted by Crippen LogP contribution is 2.34. The summed E-state index contributed by atoms with van der Waals surface area (Å²) in [6.45, 7) is 4.09. The lowest BCUT2D eigenvalue weighted by molar-refractivity contribution is 0.0691. The lowest BCUT2D eigenvalue weighted by Gasteiger charge is -2.12. The van der Waals surface area contributed by atoms with Crippen molar-refractivity contribution in [2.75, 3.05) is 0 Å². The lowest BCUT2D eigenvalue weighted by Crippen LogP contribution is -2.12.